The summed E-state index contributed by atoms with van der Waals surface area (Å²) in [6, 6.07) is 10.9. The minimum absolute atomic E-state index is 0.0928. The van der Waals surface area contributed by atoms with Gasteiger partial charge in [-0.2, -0.15) is 0 Å². The van der Waals surface area contributed by atoms with E-state index >= 15 is 0 Å². The number of nitro groups is 1. The summed E-state index contributed by atoms with van der Waals surface area (Å²) >= 11 is 6.83. The van der Waals surface area contributed by atoms with E-state index in [9.17, 15) is 19.7 Å². The quantitative estimate of drug-likeness (QED) is 0.103. The second-order valence-corrected chi connectivity index (χ2v) is 20.7. The number of halogens is 1. The lowest BCUT2D eigenvalue weighted by Gasteiger charge is -2.48. The molecule has 9 nitrogen and oxygen atoms in total. The van der Waals surface area contributed by atoms with Crippen molar-refractivity contribution < 1.29 is 28.4 Å². The van der Waals surface area contributed by atoms with Gasteiger partial charge < -0.3 is 19.2 Å². The first-order valence-corrected chi connectivity index (χ1v) is 19.2. The Morgan fingerprint density at radius 2 is 1.65 bits per heavy atom. The number of amides is 1. The van der Waals surface area contributed by atoms with E-state index in [2.05, 4.69) is 60.0 Å². The van der Waals surface area contributed by atoms with Gasteiger partial charge in [0, 0.05) is 23.8 Å². The zero-order valence-corrected chi connectivity index (χ0v) is 30.7. The maximum absolute atomic E-state index is 13.6. The number of aryl methyl sites for hydroxylation is 1. The first kappa shape index (κ1) is 37.5. The second-order valence-electron chi connectivity index (χ2n) is 15.5. The Bertz CT molecular complexity index is 1400. The number of hydrogen-bond acceptors (Lipinski definition) is 7. The molecule has 3 rings (SSSR count). The molecule has 0 aliphatic heterocycles. The molecule has 1 unspecified atom stereocenters. The Balaban J connectivity index is 1.93. The largest absolute Gasteiger partial charge is 0.469 e. The third-order valence-corrected chi connectivity index (χ3v) is 14.6. The van der Waals surface area contributed by atoms with Crippen molar-refractivity contribution >= 4 is 37.7 Å². The number of carbonyl (C=O) groups excluding carboxylic acids is 2. The lowest BCUT2D eigenvalue weighted by molar-refractivity contribution is -0.384. The van der Waals surface area contributed by atoms with E-state index in [4.69, 9.17) is 25.5 Å². The van der Waals surface area contributed by atoms with Gasteiger partial charge in [0.15, 0.2) is 8.32 Å². The van der Waals surface area contributed by atoms with Crippen LogP contribution < -0.4 is 10.1 Å². The number of esters is 1. The lowest BCUT2D eigenvalue weighted by Crippen LogP contribution is -2.57. The van der Waals surface area contributed by atoms with Gasteiger partial charge in [0.05, 0.1) is 23.5 Å². The van der Waals surface area contributed by atoms with E-state index in [-0.39, 0.29) is 33.7 Å². The molecule has 0 heterocycles. The Hall–Kier alpha value is -2.95. The number of methoxy groups -OCH3 is 1. The van der Waals surface area contributed by atoms with Crippen LogP contribution >= 0.6 is 11.6 Å². The molecular formula is C35H51ClN2O7Si. The summed E-state index contributed by atoms with van der Waals surface area (Å²) in [5.74, 6) is -0.875. The monoisotopic (exact) mass is 674 g/mol. The van der Waals surface area contributed by atoms with Crippen LogP contribution in [0.3, 0.4) is 0 Å². The molecule has 2 aromatic carbocycles. The number of ether oxygens (including phenoxy) is 2. The van der Waals surface area contributed by atoms with Crippen molar-refractivity contribution in [2.75, 3.05) is 13.7 Å². The molecule has 254 valence electrons. The predicted molar refractivity (Wildman–Crippen MR) is 184 cm³/mol. The Kier molecular flexibility index (Phi) is 11.8. The molecule has 1 N–H and O–H groups in total. The molecule has 0 radical (unpaired) electrons. The Morgan fingerprint density at radius 1 is 1.04 bits per heavy atom. The number of carbonyl (C=O) groups is 2. The van der Waals surface area contributed by atoms with Gasteiger partial charge in [0.25, 0.3) is 5.69 Å². The fourth-order valence-corrected chi connectivity index (χ4v) is 7.02. The van der Waals surface area contributed by atoms with Gasteiger partial charge in [-0.15, -0.1) is 0 Å². The first-order valence-electron chi connectivity index (χ1n) is 15.9. The molecule has 0 bridgehead atoms. The predicted octanol–water partition coefficient (Wildman–Crippen LogP) is 9.07. The molecule has 1 aliphatic rings. The van der Waals surface area contributed by atoms with Crippen molar-refractivity contribution in [2.24, 2.45) is 23.2 Å². The SMILES string of the molecule is COC(=O)C(C1CC(CO[Si](C)(C)C(C)(C)C)C1)[C@@](C)(NC(=O)Oc1ccc([N+](=O)[O-])cc1)c1ccc(CCC(C)(C)C)c(Cl)c1. The lowest BCUT2D eigenvalue weighted by atomic mass is 9.61. The minimum atomic E-state index is -1.93. The van der Waals surface area contributed by atoms with E-state index in [0.29, 0.717) is 17.2 Å². The number of nitrogens with zero attached hydrogens (tertiary/aromatic N) is 1. The van der Waals surface area contributed by atoms with Gasteiger partial charge in [-0.1, -0.05) is 65.3 Å². The van der Waals surface area contributed by atoms with Gasteiger partial charge >= 0.3 is 12.1 Å². The fourth-order valence-electron chi connectivity index (χ4n) is 5.66. The average Bonchev–Trinajstić information content (AvgIpc) is 2.92. The van der Waals surface area contributed by atoms with E-state index < -0.39 is 36.8 Å². The number of rotatable bonds is 12. The molecule has 1 saturated carbocycles. The minimum Gasteiger partial charge on any atom is -0.469 e. The zero-order chi connectivity index (χ0) is 34.7. The highest BCUT2D eigenvalue weighted by molar-refractivity contribution is 6.74. The van der Waals surface area contributed by atoms with Crippen LogP contribution in [0.25, 0.3) is 0 Å². The number of benzene rings is 2. The zero-order valence-electron chi connectivity index (χ0n) is 29.0. The molecule has 1 aliphatic carbocycles. The van der Waals surface area contributed by atoms with Crippen LogP contribution in [0.2, 0.25) is 23.2 Å². The van der Waals surface area contributed by atoms with E-state index in [1.54, 1.807) is 6.92 Å². The molecule has 2 atom stereocenters. The van der Waals surface area contributed by atoms with Gasteiger partial charge in [-0.25, -0.2) is 4.79 Å². The smallest absolute Gasteiger partial charge is 0.413 e. The normalized spacial score (nSPS) is 18.9. The van der Waals surface area contributed by atoms with Crippen LogP contribution in [0.1, 0.15) is 78.9 Å². The molecule has 1 amide bonds. The van der Waals surface area contributed by atoms with Crippen molar-refractivity contribution in [1.82, 2.24) is 5.32 Å². The summed E-state index contributed by atoms with van der Waals surface area (Å²) in [5, 5.41) is 14.7. The number of nitro benzene ring substituents is 1. The van der Waals surface area contributed by atoms with Gasteiger partial charge in [-0.3, -0.25) is 14.9 Å². The molecule has 2 aromatic rings. The third-order valence-electron chi connectivity index (χ3n) is 9.72. The van der Waals surface area contributed by atoms with Crippen molar-refractivity contribution in [3.63, 3.8) is 0 Å². The van der Waals surface area contributed by atoms with Gasteiger partial charge in [-0.05, 0) is 97.3 Å². The van der Waals surface area contributed by atoms with Gasteiger partial charge in [0.1, 0.15) is 5.75 Å². The van der Waals surface area contributed by atoms with E-state index in [0.717, 1.165) is 31.2 Å². The van der Waals surface area contributed by atoms with Crippen molar-refractivity contribution in [3.05, 3.63) is 68.7 Å². The molecule has 1 fully saturated rings. The molecule has 11 heteroatoms. The van der Waals surface area contributed by atoms with Crippen LogP contribution in [0, 0.1) is 33.3 Å². The summed E-state index contributed by atoms with van der Waals surface area (Å²) in [6.45, 7) is 20.0. The average molecular weight is 675 g/mol. The van der Waals surface area contributed by atoms with Crippen LogP contribution in [-0.2, 0) is 25.9 Å². The first-order chi connectivity index (χ1) is 21.2. The van der Waals surface area contributed by atoms with Crippen LogP contribution in [0.5, 0.6) is 5.75 Å². The summed E-state index contributed by atoms with van der Waals surface area (Å²) in [6.07, 6.45) is 2.39. The molecule has 0 saturated heterocycles. The highest BCUT2D eigenvalue weighted by atomic mass is 35.5. The molecule has 0 aromatic heterocycles. The van der Waals surface area contributed by atoms with Gasteiger partial charge in [0.2, 0.25) is 0 Å². The number of hydrogen-bond donors (Lipinski definition) is 1. The summed E-state index contributed by atoms with van der Waals surface area (Å²) < 4.78 is 17.4. The Morgan fingerprint density at radius 3 is 2.15 bits per heavy atom. The third kappa shape index (κ3) is 9.32. The number of nitrogens with one attached hydrogen (secondary N) is 1. The van der Waals surface area contributed by atoms with E-state index in [1.807, 2.05) is 18.2 Å². The molecule has 0 spiro atoms. The maximum atomic E-state index is 13.6. The number of non-ortho nitro benzene ring substituents is 1. The van der Waals surface area contributed by atoms with Crippen molar-refractivity contribution in [2.45, 2.75) is 97.8 Å². The molecule has 46 heavy (non-hydrogen) atoms. The van der Waals surface area contributed by atoms with Crippen LogP contribution in [0.4, 0.5) is 10.5 Å². The second kappa shape index (κ2) is 14.4. The fraction of sp³-hybridized carbons (Fsp3) is 0.600. The van der Waals surface area contributed by atoms with Crippen LogP contribution in [-0.4, -0.2) is 39.0 Å². The summed E-state index contributed by atoms with van der Waals surface area (Å²) in [4.78, 5) is 37.6. The summed E-state index contributed by atoms with van der Waals surface area (Å²) in [7, 11) is -0.583. The highest BCUT2D eigenvalue weighted by Crippen LogP contribution is 2.48. The standard InChI is InChI=1S/C35H51ClN2O7Si/c1-33(2,3)18-17-24-11-12-26(21-29(24)36)35(7,37-32(40)45-28-15-13-27(14-16-28)38(41)42)30(31(39)43-8)25-19-23(20-25)22-44-46(9,10)34(4,5)6/h11-16,21,23,25,30H,17-20,22H2,1-10H3,(H,37,40)/t23?,25?,30?,35-/m0/s1. The topological polar surface area (TPSA) is 117 Å². The van der Waals surface area contributed by atoms with Crippen LogP contribution in [0.15, 0.2) is 42.5 Å². The van der Waals surface area contributed by atoms with E-state index in [1.165, 1.54) is 31.4 Å². The Labute approximate surface area is 280 Å². The van der Waals surface area contributed by atoms with Crippen molar-refractivity contribution in [1.29, 1.82) is 0 Å². The summed E-state index contributed by atoms with van der Waals surface area (Å²) in [5.41, 5.74) is 0.380. The highest BCUT2D eigenvalue weighted by Gasteiger charge is 2.52. The van der Waals surface area contributed by atoms with Crippen molar-refractivity contribution in [3.8, 4) is 5.75 Å². The molecular weight excluding hydrogens is 624 g/mol. The maximum Gasteiger partial charge on any atom is 0.413 e.